The van der Waals surface area contributed by atoms with Crippen LogP contribution in [0.2, 0.25) is 0 Å². The fourth-order valence-electron chi connectivity index (χ4n) is 2.31. The number of hydrogen-bond acceptors (Lipinski definition) is 3. The number of hydrogen-bond donors (Lipinski definition) is 0. The smallest absolute Gasteiger partial charge is 0.0901 e. The molecule has 0 aliphatic carbocycles. The summed E-state index contributed by atoms with van der Waals surface area (Å²) in [6, 6.07) is 8.62. The van der Waals surface area contributed by atoms with Crippen LogP contribution in [-0.2, 0) is 0 Å². The first-order valence-electron chi connectivity index (χ1n) is 6.46. The van der Waals surface area contributed by atoms with Crippen LogP contribution in [0.3, 0.4) is 0 Å². The quantitative estimate of drug-likeness (QED) is 0.667. The van der Waals surface area contributed by atoms with Gasteiger partial charge in [0.25, 0.3) is 0 Å². The molecule has 3 heteroatoms. The maximum absolute atomic E-state index is 4.60. The molecule has 0 atom stereocenters. The average molecular weight is 268 g/mol. The maximum Gasteiger partial charge on any atom is 0.0901 e. The molecule has 0 bridgehead atoms. The Morgan fingerprint density at radius 2 is 1.95 bits per heavy atom. The minimum absolute atomic E-state index is 0.516. The topological polar surface area (TPSA) is 25.8 Å². The first-order valence-corrected chi connectivity index (χ1v) is 7.28. The molecule has 0 radical (unpaired) electrons. The lowest BCUT2D eigenvalue weighted by Crippen LogP contribution is -1.90. The number of thiazole rings is 1. The molecule has 2 nitrogen and oxygen atoms in total. The van der Waals surface area contributed by atoms with E-state index in [1.54, 1.807) is 11.3 Å². The monoisotopic (exact) mass is 268 g/mol. The molecule has 0 aliphatic heterocycles. The third-order valence-electron chi connectivity index (χ3n) is 3.29. The van der Waals surface area contributed by atoms with Crippen molar-refractivity contribution in [1.29, 1.82) is 0 Å². The lowest BCUT2D eigenvalue weighted by atomic mass is 9.97. The maximum atomic E-state index is 4.60. The second kappa shape index (κ2) is 4.74. The highest BCUT2D eigenvalue weighted by atomic mass is 32.1. The first kappa shape index (κ1) is 12.3. The van der Waals surface area contributed by atoms with Crippen molar-refractivity contribution in [3.8, 4) is 10.6 Å². The number of pyridine rings is 1. The van der Waals surface area contributed by atoms with Crippen LogP contribution in [0.15, 0.2) is 36.7 Å². The molecule has 19 heavy (non-hydrogen) atoms. The molecule has 2 aromatic heterocycles. The second-order valence-electron chi connectivity index (χ2n) is 5.04. The number of aryl methyl sites for hydroxylation is 1. The Bertz CT molecular complexity index is 728. The van der Waals surface area contributed by atoms with Crippen molar-refractivity contribution in [3.63, 3.8) is 0 Å². The Balaban J connectivity index is 2.17. The van der Waals surface area contributed by atoms with E-state index in [4.69, 9.17) is 0 Å². The summed E-state index contributed by atoms with van der Waals surface area (Å²) in [7, 11) is 0. The van der Waals surface area contributed by atoms with Crippen molar-refractivity contribution >= 4 is 22.1 Å². The summed E-state index contributed by atoms with van der Waals surface area (Å²) in [5.74, 6) is 0.516. The molecule has 1 aromatic carbocycles. The van der Waals surface area contributed by atoms with Crippen molar-refractivity contribution in [3.05, 3.63) is 47.2 Å². The molecule has 0 unspecified atom stereocenters. The number of nitrogens with zero attached hydrogens (tertiary/aromatic N) is 2. The Morgan fingerprint density at radius 1 is 1.11 bits per heavy atom. The Kier molecular flexibility index (Phi) is 3.07. The van der Waals surface area contributed by atoms with E-state index in [9.17, 15) is 0 Å². The average Bonchev–Trinajstić information content (AvgIpc) is 2.84. The normalized spacial score (nSPS) is 11.4. The largest absolute Gasteiger partial charge is 0.255 e. The van der Waals surface area contributed by atoms with Gasteiger partial charge in [0.05, 0.1) is 15.6 Å². The molecule has 0 N–H and O–H groups in total. The number of aromatic nitrogens is 2. The van der Waals surface area contributed by atoms with E-state index < -0.39 is 0 Å². The zero-order chi connectivity index (χ0) is 13.4. The SMILES string of the molecule is Cc1ncc(-c2cc3cccc(C(C)C)c3cn2)s1. The Labute approximate surface area is 117 Å². The summed E-state index contributed by atoms with van der Waals surface area (Å²) in [6.07, 6.45) is 3.90. The van der Waals surface area contributed by atoms with Crippen LogP contribution in [0.5, 0.6) is 0 Å². The van der Waals surface area contributed by atoms with Gasteiger partial charge in [0.2, 0.25) is 0 Å². The summed E-state index contributed by atoms with van der Waals surface area (Å²) < 4.78 is 0. The van der Waals surface area contributed by atoms with Crippen LogP contribution in [0.1, 0.15) is 30.3 Å². The van der Waals surface area contributed by atoms with Gasteiger partial charge in [-0.25, -0.2) is 4.98 Å². The van der Waals surface area contributed by atoms with Crippen LogP contribution in [0.25, 0.3) is 21.3 Å². The Hall–Kier alpha value is -1.74. The highest BCUT2D eigenvalue weighted by Crippen LogP contribution is 2.29. The van der Waals surface area contributed by atoms with E-state index in [2.05, 4.69) is 48.1 Å². The molecule has 0 saturated carbocycles. The van der Waals surface area contributed by atoms with Crippen molar-refractivity contribution < 1.29 is 0 Å². The zero-order valence-electron chi connectivity index (χ0n) is 11.3. The highest BCUT2D eigenvalue weighted by molar-refractivity contribution is 7.15. The molecule has 0 amide bonds. The van der Waals surface area contributed by atoms with Crippen LogP contribution in [0.4, 0.5) is 0 Å². The molecule has 0 aliphatic rings. The predicted molar refractivity (Wildman–Crippen MR) is 81.7 cm³/mol. The standard InChI is InChI=1S/C16H16N2S/c1-10(2)13-6-4-5-12-7-15(18-8-14(12)13)16-9-17-11(3)19-16/h4-10H,1-3H3. The summed E-state index contributed by atoms with van der Waals surface area (Å²) >= 11 is 1.69. The van der Waals surface area contributed by atoms with Gasteiger partial charge in [-0.3, -0.25) is 4.98 Å². The molecule has 3 aromatic rings. The number of rotatable bonds is 2. The van der Waals surface area contributed by atoms with Crippen molar-refractivity contribution in [2.75, 3.05) is 0 Å². The van der Waals surface area contributed by atoms with Crippen molar-refractivity contribution in [2.45, 2.75) is 26.7 Å². The number of benzene rings is 1. The third kappa shape index (κ3) is 2.26. The van der Waals surface area contributed by atoms with E-state index in [1.165, 1.54) is 16.3 Å². The first-order chi connectivity index (χ1) is 9.15. The van der Waals surface area contributed by atoms with Gasteiger partial charge < -0.3 is 0 Å². The van der Waals surface area contributed by atoms with Crippen LogP contribution >= 0.6 is 11.3 Å². The molecule has 0 fully saturated rings. The van der Waals surface area contributed by atoms with Gasteiger partial charge in [0.15, 0.2) is 0 Å². The molecule has 0 saturated heterocycles. The molecule has 2 heterocycles. The van der Waals surface area contributed by atoms with E-state index >= 15 is 0 Å². The van der Waals surface area contributed by atoms with Gasteiger partial charge in [-0.2, -0.15) is 0 Å². The molecular formula is C16H16N2S. The van der Waals surface area contributed by atoms with E-state index in [0.29, 0.717) is 5.92 Å². The van der Waals surface area contributed by atoms with Crippen LogP contribution in [-0.4, -0.2) is 9.97 Å². The third-order valence-corrected chi connectivity index (χ3v) is 4.23. The highest BCUT2D eigenvalue weighted by Gasteiger charge is 2.08. The van der Waals surface area contributed by atoms with Crippen LogP contribution in [0, 0.1) is 6.92 Å². The van der Waals surface area contributed by atoms with E-state index in [1.807, 2.05) is 19.3 Å². The number of fused-ring (bicyclic) bond motifs is 1. The minimum atomic E-state index is 0.516. The minimum Gasteiger partial charge on any atom is -0.255 e. The van der Waals surface area contributed by atoms with Gasteiger partial charge in [-0.1, -0.05) is 32.0 Å². The lowest BCUT2D eigenvalue weighted by molar-refractivity contribution is 0.876. The lowest BCUT2D eigenvalue weighted by Gasteiger charge is -2.10. The fraction of sp³-hybridized carbons (Fsp3) is 0.250. The second-order valence-corrected chi connectivity index (χ2v) is 6.27. The zero-order valence-corrected chi connectivity index (χ0v) is 12.2. The van der Waals surface area contributed by atoms with Crippen molar-refractivity contribution in [1.82, 2.24) is 9.97 Å². The summed E-state index contributed by atoms with van der Waals surface area (Å²) in [5, 5.41) is 3.58. The van der Waals surface area contributed by atoms with Gasteiger partial charge in [0, 0.05) is 17.8 Å². The van der Waals surface area contributed by atoms with E-state index in [0.717, 1.165) is 15.6 Å². The summed E-state index contributed by atoms with van der Waals surface area (Å²) in [4.78, 5) is 10.0. The van der Waals surface area contributed by atoms with Gasteiger partial charge in [-0.05, 0) is 29.9 Å². The van der Waals surface area contributed by atoms with Gasteiger partial charge in [-0.15, -0.1) is 11.3 Å². The summed E-state index contributed by atoms with van der Waals surface area (Å²) in [5.41, 5.74) is 2.37. The summed E-state index contributed by atoms with van der Waals surface area (Å²) in [6.45, 7) is 6.45. The molecule has 0 spiro atoms. The predicted octanol–water partition coefficient (Wildman–Crippen LogP) is 4.79. The van der Waals surface area contributed by atoms with Gasteiger partial charge in [0.1, 0.15) is 0 Å². The molecule has 96 valence electrons. The van der Waals surface area contributed by atoms with Crippen LogP contribution < -0.4 is 0 Å². The van der Waals surface area contributed by atoms with Crippen molar-refractivity contribution in [2.24, 2.45) is 0 Å². The van der Waals surface area contributed by atoms with E-state index in [-0.39, 0.29) is 0 Å². The fourth-order valence-corrected chi connectivity index (χ4v) is 3.06. The molecular weight excluding hydrogens is 252 g/mol. The Morgan fingerprint density at radius 3 is 2.63 bits per heavy atom. The molecule has 3 rings (SSSR count). The van der Waals surface area contributed by atoms with Gasteiger partial charge >= 0.3 is 0 Å².